The maximum Gasteiger partial charge on any atom is 0.133 e. The molecule has 100 valence electrons. The fraction of sp³-hybridized carbons (Fsp3) is 0.286. The largest absolute Gasteiger partial charge is 0.328 e. The van der Waals surface area contributed by atoms with Crippen LogP contribution in [-0.2, 0) is 12.8 Å². The third-order valence-corrected chi connectivity index (χ3v) is 2.66. The number of nitrogens with two attached hydrogens (primary N) is 1. The van der Waals surface area contributed by atoms with Crippen molar-refractivity contribution < 1.29 is 8.78 Å². The van der Waals surface area contributed by atoms with Crippen molar-refractivity contribution in [2.75, 3.05) is 0 Å². The van der Waals surface area contributed by atoms with Crippen LogP contribution in [0.1, 0.15) is 24.0 Å². The minimum Gasteiger partial charge on any atom is -0.328 e. The van der Waals surface area contributed by atoms with Gasteiger partial charge in [-0.05, 0) is 24.6 Å². The first-order chi connectivity index (χ1) is 9.04. The minimum atomic E-state index is -0.590. The van der Waals surface area contributed by atoms with Crippen molar-refractivity contribution in [3.63, 3.8) is 0 Å². The summed E-state index contributed by atoms with van der Waals surface area (Å²) >= 11 is 0. The lowest BCUT2D eigenvalue weighted by molar-refractivity contribution is 0.573. The highest BCUT2D eigenvalue weighted by molar-refractivity contribution is 5.22. The molecule has 2 N–H and O–H groups in total. The van der Waals surface area contributed by atoms with Gasteiger partial charge in [-0.25, -0.2) is 18.7 Å². The Morgan fingerprint density at radius 2 is 2.05 bits per heavy atom. The Labute approximate surface area is 110 Å². The molecule has 2 aromatic rings. The Morgan fingerprint density at radius 1 is 1.26 bits per heavy atom. The summed E-state index contributed by atoms with van der Waals surface area (Å²) in [6.07, 6.45) is 2.50. The van der Waals surface area contributed by atoms with E-state index < -0.39 is 11.6 Å². The number of nitrogens with zero attached hydrogens (tertiary/aromatic N) is 2. The lowest BCUT2D eigenvalue weighted by atomic mass is 10.1. The molecule has 5 heteroatoms. The molecule has 0 aliphatic rings. The Bertz CT molecular complexity index is 570. The van der Waals surface area contributed by atoms with Gasteiger partial charge in [0.15, 0.2) is 0 Å². The second-order valence-electron chi connectivity index (χ2n) is 4.56. The third kappa shape index (κ3) is 3.79. The van der Waals surface area contributed by atoms with Gasteiger partial charge in [0.05, 0.1) is 0 Å². The number of hydrogen-bond donors (Lipinski definition) is 1. The van der Waals surface area contributed by atoms with Crippen molar-refractivity contribution in [2.24, 2.45) is 5.73 Å². The van der Waals surface area contributed by atoms with E-state index in [4.69, 9.17) is 5.73 Å². The van der Waals surface area contributed by atoms with Gasteiger partial charge in [0.25, 0.3) is 0 Å². The van der Waals surface area contributed by atoms with Crippen LogP contribution in [0.4, 0.5) is 8.78 Å². The topological polar surface area (TPSA) is 51.8 Å². The molecule has 1 unspecified atom stereocenters. The van der Waals surface area contributed by atoms with Crippen molar-refractivity contribution in [3.05, 3.63) is 59.2 Å². The zero-order chi connectivity index (χ0) is 13.8. The monoisotopic (exact) mass is 263 g/mol. The molecule has 3 nitrogen and oxygen atoms in total. The third-order valence-electron chi connectivity index (χ3n) is 2.66. The molecule has 0 radical (unpaired) electrons. The number of hydrogen-bond acceptors (Lipinski definition) is 3. The highest BCUT2D eigenvalue weighted by atomic mass is 19.1. The van der Waals surface area contributed by atoms with Crippen molar-refractivity contribution in [1.82, 2.24) is 9.97 Å². The van der Waals surface area contributed by atoms with Gasteiger partial charge < -0.3 is 5.73 Å². The van der Waals surface area contributed by atoms with Crippen LogP contribution in [0.15, 0.2) is 30.5 Å². The van der Waals surface area contributed by atoms with Crippen LogP contribution in [0.2, 0.25) is 0 Å². The fourth-order valence-corrected chi connectivity index (χ4v) is 1.81. The molecule has 0 bridgehead atoms. The minimum absolute atomic E-state index is 0.00491. The van der Waals surface area contributed by atoms with Gasteiger partial charge in [0, 0.05) is 36.8 Å². The molecular formula is C14H15F2N3. The highest BCUT2D eigenvalue weighted by Crippen LogP contribution is 2.13. The average Bonchev–Trinajstić information content (AvgIpc) is 2.32. The normalized spacial score (nSPS) is 12.4. The van der Waals surface area contributed by atoms with Crippen LogP contribution in [0.3, 0.4) is 0 Å². The maximum absolute atomic E-state index is 13.5. The van der Waals surface area contributed by atoms with E-state index in [1.165, 1.54) is 12.1 Å². The quantitative estimate of drug-likeness (QED) is 0.920. The van der Waals surface area contributed by atoms with E-state index in [1.807, 2.05) is 6.92 Å². The van der Waals surface area contributed by atoms with E-state index in [1.54, 1.807) is 12.3 Å². The molecule has 0 saturated carbocycles. The van der Waals surface area contributed by atoms with Gasteiger partial charge in [-0.15, -0.1) is 0 Å². The van der Waals surface area contributed by atoms with Crippen molar-refractivity contribution in [1.29, 1.82) is 0 Å². The van der Waals surface area contributed by atoms with Gasteiger partial charge >= 0.3 is 0 Å². The highest BCUT2D eigenvalue weighted by Gasteiger charge is 2.08. The molecular weight excluding hydrogens is 248 g/mol. The van der Waals surface area contributed by atoms with E-state index in [0.29, 0.717) is 17.8 Å². The molecule has 1 heterocycles. The first-order valence-corrected chi connectivity index (χ1v) is 6.05. The summed E-state index contributed by atoms with van der Waals surface area (Å²) in [6.45, 7) is 1.89. The summed E-state index contributed by atoms with van der Waals surface area (Å²) in [5.41, 5.74) is 6.90. The fourth-order valence-electron chi connectivity index (χ4n) is 1.81. The van der Waals surface area contributed by atoms with E-state index >= 15 is 0 Å². The van der Waals surface area contributed by atoms with Crippen molar-refractivity contribution in [2.45, 2.75) is 25.8 Å². The predicted molar refractivity (Wildman–Crippen MR) is 68.5 cm³/mol. The molecule has 1 atom stereocenters. The molecule has 0 spiro atoms. The first kappa shape index (κ1) is 13.5. The standard InChI is InChI=1S/C14H15F2N3/c1-9(17)6-12-4-5-18-14(19-12)7-10-2-3-11(15)8-13(10)16/h2-5,8-9H,6-7,17H2,1H3. The van der Waals surface area contributed by atoms with Gasteiger partial charge in [0.2, 0.25) is 0 Å². The predicted octanol–water partition coefficient (Wildman–Crippen LogP) is 2.24. The van der Waals surface area contributed by atoms with E-state index in [2.05, 4.69) is 9.97 Å². The van der Waals surface area contributed by atoms with Gasteiger partial charge in [-0.3, -0.25) is 0 Å². The summed E-state index contributed by atoms with van der Waals surface area (Å²) in [5.74, 6) is -0.669. The SMILES string of the molecule is CC(N)Cc1ccnc(Cc2ccc(F)cc2F)n1. The van der Waals surface area contributed by atoms with Crippen LogP contribution in [-0.4, -0.2) is 16.0 Å². The number of halogens is 2. The summed E-state index contributed by atoms with van der Waals surface area (Å²) < 4.78 is 26.3. The lowest BCUT2D eigenvalue weighted by Crippen LogP contribution is -2.19. The van der Waals surface area contributed by atoms with E-state index in [0.717, 1.165) is 11.8 Å². The zero-order valence-corrected chi connectivity index (χ0v) is 10.6. The second-order valence-corrected chi connectivity index (χ2v) is 4.56. The zero-order valence-electron chi connectivity index (χ0n) is 10.6. The number of rotatable bonds is 4. The van der Waals surface area contributed by atoms with Crippen molar-refractivity contribution >= 4 is 0 Å². The molecule has 1 aromatic carbocycles. The number of benzene rings is 1. The molecule has 0 saturated heterocycles. The van der Waals surface area contributed by atoms with Crippen LogP contribution in [0.25, 0.3) is 0 Å². The molecule has 0 fully saturated rings. The van der Waals surface area contributed by atoms with Gasteiger partial charge in [-0.2, -0.15) is 0 Å². The van der Waals surface area contributed by atoms with Crippen LogP contribution in [0, 0.1) is 11.6 Å². The number of aromatic nitrogens is 2. The smallest absolute Gasteiger partial charge is 0.133 e. The average molecular weight is 263 g/mol. The Hall–Kier alpha value is -1.88. The van der Waals surface area contributed by atoms with Crippen LogP contribution in [0.5, 0.6) is 0 Å². The Kier molecular flexibility index (Phi) is 4.16. The summed E-state index contributed by atoms with van der Waals surface area (Å²) in [4.78, 5) is 8.41. The molecule has 0 amide bonds. The maximum atomic E-state index is 13.5. The molecule has 0 aliphatic heterocycles. The summed E-state index contributed by atoms with van der Waals surface area (Å²) in [5, 5.41) is 0. The molecule has 0 aliphatic carbocycles. The van der Waals surface area contributed by atoms with Crippen molar-refractivity contribution in [3.8, 4) is 0 Å². The first-order valence-electron chi connectivity index (χ1n) is 6.05. The van der Waals surface area contributed by atoms with E-state index in [-0.39, 0.29) is 12.5 Å². The molecule has 2 rings (SSSR count). The molecule has 19 heavy (non-hydrogen) atoms. The Balaban J connectivity index is 2.18. The van der Waals surface area contributed by atoms with Crippen LogP contribution >= 0.6 is 0 Å². The molecule has 1 aromatic heterocycles. The Morgan fingerprint density at radius 3 is 2.74 bits per heavy atom. The second kappa shape index (κ2) is 5.84. The van der Waals surface area contributed by atoms with Gasteiger partial charge in [0.1, 0.15) is 17.5 Å². The van der Waals surface area contributed by atoms with Crippen LogP contribution < -0.4 is 5.73 Å². The van der Waals surface area contributed by atoms with Gasteiger partial charge in [-0.1, -0.05) is 6.07 Å². The lowest BCUT2D eigenvalue weighted by Gasteiger charge is -2.07. The summed E-state index contributed by atoms with van der Waals surface area (Å²) in [6, 6.07) is 5.29. The summed E-state index contributed by atoms with van der Waals surface area (Å²) in [7, 11) is 0. The van der Waals surface area contributed by atoms with E-state index in [9.17, 15) is 8.78 Å².